The quantitative estimate of drug-likeness (QED) is 0.887. The lowest BCUT2D eigenvalue weighted by molar-refractivity contribution is -0.0116. The van der Waals surface area contributed by atoms with E-state index in [4.69, 9.17) is 4.74 Å². The second-order valence-electron chi connectivity index (χ2n) is 5.47. The average Bonchev–Trinajstić information content (AvgIpc) is 3.19. The van der Waals surface area contributed by atoms with Gasteiger partial charge in [0.25, 0.3) is 0 Å². The lowest BCUT2D eigenvalue weighted by Crippen LogP contribution is -2.44. The molecule has 7 heteroatoms. The van der Waals surface area contributed by atoms with Crippen LogP contribution in [-0.2, 0) is 21.3 Å². The second-order valence-corrected chi connectivity index (χ2v) is 7.47. The Hall–Kier alpha value is -0.920. The Morgan fingerprint density at radius 2 is 2.25 bits per heavy atom. The predicted molar refractivity (Wildman–Crippen MR) is 74.7 cm³/mol. The summed E-state index contributed by atoms with van der Waals surface area (Å²) < 4.78 is 34.9. The molecule has 1 aliphatic carbocycles. The molecule has 0 unspecified atom stereocenters. The van der Waals surface area contributed by atoms with Gasteiger partial charge in [-0.25, -0.2) is 18.1 Å². The van der Waals surface area contributed by atoms with Crippen LogP contribution in [0, 0.1) is 0 Å². The second kappa shape index (κ2) is 5.46. The Morgan fingerprint density at radius 3 is 2.95 bits per heavy atom. The van der Waals surface area contributed by atoms with Crippen LogP contribution in [0.3, 0.4) is 0 Å². The third-order valence-electron chi connectivity index (χ3n) is 3.94. The normalized spacial score (nSPS) is 27.6. The van der Waals surface area contributed by atoms with Crippen molar-refractivity contribution in [1.29, 1.82) is 0 Å². The molecule has 1 saturated heterocycles. The van der Waals surface area contributed by atoms with Crippen molar-refractivity contribution in [2.75, 3.05) is 6.61 Å². The summed E-state index contributed by atoms with van der Waals surface area (Å²) in [6, 6.07) is -0.206. The smallest absolute Gasteiger partial charge is 0.214 e. The van der Waals surface area contributed by atoms with E-state index in [0.29, 0.717) is 6.61 Å². The number of hydrogen-bond donors (Lipinski definition) is 1. The number of ether oxygens (including phenoxy) is 1. The minimum atomic E-state index is -3.20. The fourth-order valence-electron chi connectivity index (χ4n) is 2.69. The number of nitrogens with zero attached hydrogens (tertiary/aromatic N) is 2. The molecule has 112 valence electrons. The van der Waals surface area contributed by atoms with E-state index in [1.54, 1.807) is 6.20 Å². The highest BCUT2D eigenvalue weighted by atomic mass is 32.2. The van der Waals surface area contributed by atoms with Crippen molar-refractivity contribution in [3.05, 3.63) is 18.2 Å². The average molecular weight is 299 g/mol. The Bertz CT molecular complexity index is 565. The SMILES string of the molecule is CCn1ccnc1[C@H]1OCCC[C@@H]1NS(=O)(=O)C1CC1. The molecule has 6 nitrogen and oxygen atoms in total. The van der Waals surface area contributed by atoms with Crippen LogP contribution in [-0.4, -0.2) is 35.9 Å². The van der Waals surface area contributed by atoms with Crippen molar-refractivity contribution in [2.24, 2.45) is 0 Å². The van der Waals surface area contributed by atoms with E-state index in [1.807, 2.05) is 17.7 Å². The summed E-state index contributed by atoms with van der Waals surface area (Å²) in [7, 11) is -3.20. The summed E-state index contributed by atoms with van der Waals surface area (Å²) in [5.41, 5.74) is 0. The number of sulfonamides is 1. The van der Waals surface area contributed by atoms with Crippen molar-refractivity contribution in [3.8, 4) is 0 Å². The van der Waals surface area contributed by atoms with Gasteiger partial charge in [0.1, 0.15) is 11.9 Å². The number of hydrogen-bond acceptors (Lipinski definition) is 4. The van der Waals surface area contributed by atoms with Crippen LogP contribution in [0.2, 0.25) is 0 Å². The van der Waals surface area contributed by atoms with Crippen molar-refractivity contribution in [1.82, 2.24) is 14.3 Å². The van der Waals surface area contributed by atoms with Crippen LogP contribution in [0.15, 0.2) is 12.4 Å². The molecule has 1 aromatic rings. The van der Waals surface area contributed by atoms with Gasteiger partial charge in [0, 0.05) is 25.5 Å². The first-order valence-electron chi connectivity index (χ1n) is 7.25. The summed E-state index contributed by atoms with van der Waals surface area (Å²) in [6.45, 7) is 3.50. The van der Waals surface area contributed by atoms with Gasteiger partial charge in [-0.2, -0.15) is 0 Å². The largest absolute Gasteiger partial charge is 0.369 e. The predicted octanol–water partition coefficient (Wildman–Crippen LogP) is 1.20. The first-order valence-corrected chi connectivity index (χ1v) is 8.80. The van der Waals surface area contributed by atoms with E-state index in [1.165, 1.54) is 0 Å². The van der Waals surface area contributed by atoms with Crippen LogP contribution < -0.4 is 4.72 Å². The fraction of sp³-hybridized carbons (Fsp3) is 0.769. The molecule has 20 heavy (non-hydrogen) atoms. The minimum Gasteiger partial charge on any atom is -0.369 e. The number of rotatable bonds is 5. The zero-order chi connectivity index (χ0) is 14.2. The van der Waals surface area contributed by atoms with Gasteiger partial charge in [0.2, 0.25) is 10.0 Å². The molecular formula is C13H21N3O3S. The molecule has 1 aliphatic heterocycles. The van der Waals surface area contributed by atoms with E-state index in [2.05, 4.69) is 9.71 Å². The molecular weight excluding hydrogens is 278 g/mol. The molecule has 1 aromatic heterocycles. The molecule has 3 rings (SSSR count). The molecule has 0 amide bonds. The lowest BCUT2D eigenvalue weighted by Gasteiger charge is -2.32. The van der Waals surface area contributed by atoms with Gasteiger partial charge in [-0.1, -0.05) is 0 Å². The summed E-state index contributed by atoms with van der Waals surface area (Å²) in [6.07, 6.45) is 6.58. The van der Waals surface area contributed by atoms with Crippen LogP contribution in [0.5, 0.6) is 0 Å². The zero-order valence-electron chi connectivity index (χ0n) is 11.7. The number of aromatic nitrogens is 2. The standard InChI is InChI=1S/C13H21N3O3S/c1-2-16-8-7-14-13(16)12-11(4-3-9-19-12)15-20(17,18)10-5-6-10/h7-8,10-12,15H,2-6,9H2,1H3/t11-,12-/m0/s1. The molecule has 0 spiro atoms. The van der Waals surface area contributed by atoms with Crippen molar-refractivity contribution >= 4 is 10.0 Å². The molecule has 2 heterocycles. The van der Waals surface area contributed by atoms with Crippen LogP contribution in [0.4, 0.5) is 0 Å². The Labute approximate surface area is 119 Å². The first kappa shape index (κ1) is 14.0. The Morgan fingerprint density at radius 1 is 1.45 bits per heavy atom. The molecule has 0 bridgehead atoms. The monoisotopic (exact) mass is 299 g/mol. The third-order valence-corrected chi connectivity index (χ3v) is 5.92. The number of imidazole rings is 1. The number of nitrogens with one attached hydrogen (secondary N) is 1. The summed E-state index contributed by atoms with van der Waals surface area (Å²) in [5.74, 6) is 0.815. The van der Waals surface area contributed by atoms with E-state index in [0.717, 1.165) is 38.1 Å². The van der Waals surface area contributed by atoms with Crippen LogP contribution in [0.1, 0.15) is 44.5 Å². The Balaban J connectivity index is 1.80. The number of aryl methyl sites for hydroxylation is 1. The molecule has 1 saturated carbocycles. The fourth-order valence-corrected chi connectivity index (χ4v) is 4.30. The van der Waals surface area contributed by atoms with Crippen LogP contribution >= 0.6 is 0 Å². The maximum atomic E-state index is 12.1. The topological polar surface area (TPSA) is 73.2 Å². The van der Waals surface area contributed by atoms with Crippen LogP contribution in [0.25, 0.3) is 0 Å². The minimum absolute atomic E-state index is 0.198. The summed E-state index contributed by atoms with van der Waals surface area (Å²) in [5, 5.41) is -0.198. The van der Waals surface area contributed by atoms with Crippen molar-refractivity contribution in [3.63, 3.8) is 0 Å². The summed E-state index contributed by atoms with van der Waals surface area (Å²) in [4.78, 5) is 4.35. The van der Waals surface area contributed by atoms with Crippen molar-refractivity contribution in [2.45, 2.75) is 56.5 Å². The Kier molecular flexibility index (Phi) is 3.83. The van der Waals surface area contributed by atoms with E-state index in [-0.39, 0.29) is 17.4 Å². The van der Waals surface area contributed by atoms with Crippen molar-refractivity contribution < 1.29 is 13.2 Å². The third kappa shape index (κ3) is 2.75. The molecule has 2 fully saturated rings. The zero-order valence-corrected chi connectivity index (χ0v) is 12.5. The lowest BCUT2D eigenvalue weighted by atomic mass is 10.0. The highest BCUT2D eigenvalue weighted by Crippen LogP contribution is 2.32. The van der Waals surface area contributed by atoms with Gasteiger partial charge in [-0.3, -0.25) is 0 Å². The van der Waals surface area contributed by atoms with Gasteiger partial charge < -0.3 is 9.30 Å². The highest BCUT2D eigenvalue weighted by Gasteiger charge is 2.40. The summed E-state index contributed by atoms with van der Waals surface area (Å²) >= 11 is 0. The highest BCUT2D eigenvalue weighted by molar-refractivity contribution is 7.90. The van der Waals surface area contributed by atoms with E-state index >= 15 is 0 Å². The molecule has 2 aliphatic rings. The molecule has 2 atom stereocenters. The van der Waals surface area contributed by atoms with E-state index < -0.39 is 10.0 Å². The van der Waals surface area contributed by atoms with E-state index in [9.17, 15) is 8.42 Å². The molecule has 0 aromatic carbocycles. The van der Waals surface area contributed by atoms with Gasteiger partial charge in [-0.05, 0) is 32.6 Å². The maximum absolute atomic E-state index is 12.1. The van der Waals surface area contributed by atoms with Gasteiger partial charge in [-0.15, -0.1) is 0 Å². The molecule has 0 radical (unpaired) electrons. The van der Waals surface area contributed by atoms with Gasteiger partial charge >= 0.3 is 0 Å². The molecule has 1 N–H and O–H groups in total. The van der Waals surface area contributed by atoms with Gasteiger partial charge in [0.05, 0.1) is 11.3 Å². The van der Waals surface area contributed by atoms with Gasteiger partial charge in [0.15, 0.2) is 0 Å². The first-order chi connectivity index (χ1) is 9.62. The maximum Gasteiger partial charge on any atom is 0.214 e.